The Morgan fingerprint density at radius 1 is 1.29 bits per heavy atom. The predicted octanol–water partition coefficient (Wildman–Crippen LogP) is 2.79. The van der Waals surface area contributed by atoms with Crippen LogP contribution in [0.1, 0.15) is 31.4 Å². The Balaban J connectivity index is 2.02. The third-order valence-electron chi connectivity index (χ3n) is 3.08. The number of piperidine rings is 1. The number of halogens is 2. The molecule has 0 aromatic heterocycles. The summed E-state index contributed by atoms with van der Waals surface area (Å²) in [5, 5.41) is 3.23. The molecule has 17 heavy (non-hydrogen) atoms. The van der Waals surface area contributed by atoms with Crippen molar-refractivity contribution in [2.24, 2.45) is 0 Å². The van der Waals surface area contributed by atoms with Gasteiger partial charge in [0.25, 0.3) is 0 Å². The van der Waals surface area contributed by atoms with E-state index in [1.54, 1.807) is 6.92 Å². The SMILES string of the molecule is CC(OC1CCNCC1)c1cc(F)ccc1F. The molecule has 94 valence electrons. The molecule has 1 heterocycles. The maximum atomic E-state index is 13.5. The Hall–Kier alpha value is -1.00. The molecule has 1 aromatic carbocycles. The summed E-state index contributed by atoms with van der Waals surface area (Å²) in [6.07, 6.45) is 1.56. The molecule has 1 aliphatic heterocycles. The van der Waals surface area contributed by atoms with Gasteiger partial charge < -0.3 is 10.1 Å². The molecule has 0 spiro atoms. The molecule has 0 aliphatic carbocycles. The van der Waals surface area contributed by atoms with Crippen LogP contribution in [-0.4, -0.2) is 19.2 Å². The summed E-state index contributed by atoms with van der Waals surface area (Å²) >= 11 is 0. The van der Waals surface area contributed by atoms with E-state index in [4.69, 9.17) is 4.74 Å². The lowest BCUT2D eigenvalue weighted by Gasteiger charge is -2.26. The molecular weight excluding hydrogens is 224 g/mol. The van der Waals surface area contributed by atoms with Gasteiger partial charge in [0.1, 0.15) is 11.6 Å². The van der Waals surface area contributed by atoms with Crippen LogP contribution in [0, 0.1) is 11.6 Å². The lowest BCUT2D eigenvalue weighted by atomic mass is 10.1. The summed E-state index contributed by atoms with van der Waals surface area (Å²) in [4.78, 5) is 0. The fourth-order valence-corrected chi connectivity index (χ4v) is 2.12. The second kappa shape index (κ2) is 5.56. The van der Waals surface area contributed by atoms with Crippen LogP contribution in [-0.2, 0) is 4.74 Å². The zero-order valence-corrected chi connectivity index (χ0v) is 9.88. The Labute approximate surface area is 100.0 Å². The van der Waals surface area contributed by atoms with Crippen molar-refractivity contribution in [1.82, 2.24) is 5.32 Å². The van der Waals surface area contributed by atoms with E-state index in [-0.39, 0.29) is 6.10 Å². The Morgan fingerprint density at radius 2 is 2.00 bits per heavy atom. The first kappa shape index (κ1) is 12.5. The van der Waals surface area contributed by atoms with Crippen molar-refractivity contribution < 1.29 is 13.5 Å². The normalized spacial score (nSPS) is 19.2. The second-order valence-corrected chi connectivity index (χ2v) is 4.39. The number of nitrogens with one attached hydrogen (secondary N) is 1. The average molecular weight is 241 g/mol. The van der Waals surface area contributed by atoms with Crippen LogP contribution >= 0.6 is 0 Å². The van der Waals surface area contributed by atoms with E-state index in [2.05, 4.69) is 5.32 Å². The van der Waals surface area contributed by atoms with Crippen LogP contribution in [0.3, 0.4) is 0 Å². The minimum absolute atomic E-state index is 0.133. The summed E-state index contributed by atoms with van der Waals surface area (Å²) in [7, 11) is 0. The molecule has 2 rings (SSSR count). The van der Waals surface area contributed by atoms with Crippen molar-refractivity contribution in [3.63, 3.8) is 0 Å². The number of hydrogen-bond acceptors (Lipinski definition) is 2. The van der Waals surface area contributed by atoms with Gasteiger partial charge in [-0.2, -0.15) is 0 Å². The molecule has 2 nitrogen and oxygen atoms in total. The first-order valence-electron chi connectivity index (χ1n) is 5.98. The van der Waals surface area contributed by atoms with Gasteiger partial charge in [0, 0.05) is 5.56 Å². The van der Waals surface area contributed by atoms with E-state index in [0.29, 0.717) is 5.56 Å². The van der Waals surface area contributed by atoms with E-state index in [0.717, 1.165) is 38.1 Å². The molecule has 1 N–H and O–H groups in total. The molecule has 4 heteroatoms. The quantitative estimate of drug-likeness (QED) is 0.878. The summed E-state index contributed by atoms with van der Waals surface area (Å²) in [5.74, 6) is -0.838. The Bertz CT molecular complexity index is 378. The summed E-state index contributed by atoms with van der Waals surface area (Å²) in [6.45, 7) is 3.60. The summed E-state index contributed by atoms with van der Waals surface area (Å²) in [6, 6.07) is 3.48. The highest BCUT2D eigenvalue weighted by Crippen LogP contribution is 2.24. The smallest absolute Gasteiger partial charge is 0.129 e. The molecule has 0 radical (unpaired) electrons. The van der Waals surface area contributed by atoms with Crippen LogP contribution in [0.5, 0.6) is 0 Å². The van der Waals surface area contributed by atoms with Gasteiger partial charge in [-0.1, -0.05) is 0 Å². The zero-order chi connectivity index (χ0) is 12.3. The van der Waals surface area contributed by atoms with Gasteiger partial charge in [-0.25, -0.2) is 8.78 Å². The van der Waals surface area contributed by atoms with Crippen molar-refractivity contribution in [1.29, 1.82) is 0 Å². The molecule has 0 amide bonds. The monoisotopic (exact) mass is 241 g/mol. The third-order valence-corrected chi connectivity index (χ3v) is 3.08. The van der Waals surface area contributed by atoms with Crippen molar-refractivity contribution >= 4 is 0 Å². The van der Waals surface area contributed by atoms with Crippen LogP contribution in [0.15, 0.2) is 18.2 Å². The van der Waals surface area contributed by atoms with Gasteiger partial charge in [0.15, 0.2) is 0 Å². The van der Waals surface area contributed by atoms with Gasteiger partial charge in [-0.3, -0.25) is 0 Å². The predicted molar refractivity (Wildman–Crippen MR) is 61.7 cm³/mol. The first-order chi connectivity index (χ1) is 8.16. The van der Waals surface area contributed by atoms with E-state index in [1.807, 2.05) is 0 Å². The molecular formula is C13H17F2NO. The van der Waals surface area contributed by atoms with Gasteiger partial charge in [-0.05, 0) is 51.1 Å². The van der Waals surface area contributed by atoms with Crippen LogP contribution in [0.2, 0.25) is 0 Å². The largest absolute Gasteiger partial charge is 0.370 e. The van der Waals surface area contributed by atoms with Gasteiger partial charge in [0.05, 0.1) is 12.2 Å². The molecule has 1 unspecified atom stereocenters. The maximum Gasteiger partial charge on any atom is 0.129 e. The number of rotatable bonds is 3. The van der Waals surface area contributed by atoms with Gasteiger partial charge in [0.2, 0.25) is 0 Å². The third kappa shape index (κ3) is 3.23. The fraction of sp³-hybridized carbons (Fsp3) is 0.538. The zero-order valence-electron chi connectivity index (χ0n) is 9.88. The summed E-state index contributed by atoms with van der Waals surface area (Å²) in [5.41, 5.74) is 0.295. The van der Waals surface area contributed by atoms with Crippen molar-refractivity contribution in [2.75, 3.05) is 13.1 Å². The number of hydrogen-bond donors (Lipinski definition) is 1. The Kier molecular flexibility index (Phi) is 4.07. The maximum absolute atomic E-state index is 13.5. The highest BCUT2D eigenvalue weighted by molar-refractivity contribution is 5.20. The lowest BCUT2D eigenvalue weighted by molar-refractivity contribution is -0.0202. The minimum Gasteiger partial charge on any atom is -0.370 e. The van der Waals surface area contributed by atoms with Crippen molar-refractivity contribution in [3.8, 4) is 0 Å². The van der Waals surface area contributed by atoms with Crippen LogP contribution in [0.4, 0.5) is 8.78 Å². The van der Waals surface area contributed by atoms with Gasteiger partial charge >= 0.3 is 0 Å². The topological polar surface area (TPSA) is 21.3 Å². The molecule has 1 saturated heterocycles. The van der Waals surface area contributed by atoms with E-state index >= 15 is 0 Å². The molecule has 1 aliphatic rings. The molecule has 1 atom stereocenters. The molecule has 1 fully saturated rings. The highest BCUT2D eigenvalue weighted by Gasteiger charge is 2.19. The number of ether oxygens (including phenoxy) is 1. The lowest BCUT2D eigenvalue weighted by Crippen LogP contribution is -2.33. The van der Waals surface area contributed by atoms with E-state index in [9.17, 15) is 8.78 Å². The standard InChI is InChI=1S/C13H17F2NO/c1-9(17-11-4-6-16-7-5-11)12-8-10(14)2-3-13(12)15/h2-3,8-9,11,16H,4-7H2,1H3. The minimum atomic E-state index is -0.429. The van der Waals surface area contributed by atoms with Crippen LogP contribution < -0.4 is 5.32 Å². The van der Waals surface area contributed by atoms with Crippen LogP contribution in [0.25, 0.3) is 0 Å². The van der Waals surface area contributed by atoms with E-state index in [1.165, 1.54) is 6.07 Å². The van der Waals surface area contributed by atoms with Gasteiger partial charge in [-0.15, -0.1) is 0 Å². The van der Waals surface area contributed by atoms with Crippen molar-refractivity contribution in [2.45, 2.75) is 32.0 Å². The highest BCUT2D eigenvalue weighted by atomic mass is 19.1. The molecule has 0 saturated carbocycles. The first-order valence-corrected chi connectivity index (χ1v) is 5.98. The molecule has 0 bridgehead atoms. The average Bonchev–Trinajstić information content (AvgIpc) is 2.33. The number of benzene rings is 1. The van der Waals surface area contributed by atoms with E-state index < -0.39 is 17.7 Å². The second-order valence-electron chi connectivity index (χ2n) is 4.39. The van der Waals surface area contributed by atoms with Crippen molar-refractivity contribution in [3.05, 3.63) is 35.4 Å². The molecule has 1 aromatic rings. The fourth-order valence-electron chi connectivity index (χ4n) is 2.12. The Morgan fingerprint density at radius 3 is 2.71 bits per heavy atom. The summed E-state index contributed by atoms with van der Waals surface area (Å²) < 4.78 is 32.3.